The monoisotopic (exact) mass is 280 g/mol. The van der Waals surface area contributed by atoms with Crippen LogP contribution in [0, 0.1) is 0 Å². The van der Waals surface area contributed by atoms with Crippen LogP contribution in [0.5, 0.6) is 11.5 Å². The van der Waals surface area contributed by atoms with Gasteiger partial charge in [-0.25, -0.2) is 0 Å². The Hall–Kier alpha value is -2.75. The molecule has 0 unspecified atom stereocenters. The van der Waals surface area contributed by atoms with E-state index in [0.29, 0.717) is 13.2 Å². The van der Waals surface area contributed by atoms with Crippen LogP contribution in [0.1, 0.15) is 0 Å². The van der Waals surface area contributed by atoms with E-state index in [2.05, 4.69) is 4.98 Å². The minimum absolute atomic E-state index is 0.458. The maximum Gasteiger partial charge on any atom is 0.145 e. The third kappa shape index (κ3) is 3.23. The summed E-state index contributed by atoms with van der Waals surface area (Å²) in [5, 5.41) is 1.06. The van der Waals surface area contributed by atoms with Gasteiger partial charge < -0.3 is 15.2 Å². The molecule has 106 valence electrons. The molecule has 0 spiro atoms. The standard InChI is InChI=1S/C17H16N2O2/c18-14-6-8-15(9-7-14)20-11-12-21-16-5-1-3-13-4-2-10-19-17(13)16/h1-10H,11-12,18H2. The molecule has 1 heterocycles. The van der Waals surface area contributed by atoms with Crippen LogP contribution in [-0.4, -0.2) is 18.2 Å². The Bertz CT molecular complexity index is 721. The van der Waals surface area contributed by atoms with Gasteiger partial charge in [-0.3, -0.25) is 4.98 Å². The zero-order valence-corrected chi connectivity index (χ0v) is 11.5. The van der Waals surface area contributed by atoms with Gasteiger partial charge >= 0.3 is 0 Å². The molecule has 4 heteroatoms. The van der Waals surface area contributed by atoms with Crippen LogP contribution in [0.15, 0.2) is 60.8 Å². The summed E-state index contributed by atoms with van der Waals surface area (Å²) < 4.78 is 11.3. The SMILES string of the molecule is Nc1ccc(OCCOc2cccc3cccnc23)cc1. The largest absolute Gasteiger partial charge is 0.490 e. The van der Waals surface area contributed by atoms with Gasteiger partial charge in [0.25, 0.3) is 0 Å². The number of fused-ring (bicyclic) bond motifs is 1. The topological polar surface area (TPSA) is 57.4 Å². The van der Waals surface area contributed by atoms with Crippen LogP contribution in [0.25, 0.3) is 10.9 Å². The van der Waals surface area contributed by atoms with E-state index in [1.807, 2.05) is 54.6 Å². The molecule has 2 N–H and O–H groups in total. The van der Waals surface area contributed by atoms with Crippen molar-refractivity contribution >= 4 is 16.6 Å². The normalized spacial score (nSPS) is 10.5. The lowest BCUT2D eigenvalue weighted by Gasteiger charge is -2.10. The zero-order chi connectivity index (χ0) is 14.5. The number of pyridine rings is 1. The van der Waals surface area contributed by atoms with E-state index >= 15 is 0 Å². The molecule has 3 aromatic rings. The van der Waals surface area contributed by atoms with Gasteiger partial charge in [-0.05, 0) is 36.4 Å². The molecule has 0 atom stereocenters. The summed E-state index contributed by atoms with van der Waals surface area (Å²) >= 11 is 0. The summed E-state index contributed by atoms with van der Waals surface area (Å²) in [6.07, 6.45) is 1.76. The lowest BCUT2D eigenvalue weighted by molar-refractivity contribution is 0.218. The van der Waals surface area contributed by atoms with Crippen molar-refractivity contribution < 1.29 is 9.47 Å². The van der Waals surface area contributed by atoms with Gasteiger partial charge in [0.05, 0.1) is 0 Å². The summed E-state index contributed by atoms with van der Waals surface area (Å²) in [6.45, 7) is 0.924. The number of rotatable bonds is 5. The third-order valence-corrected chi connectivity index (χ3v) is 3.09. The minimum Gasteiger partial charge on any atom is -0.490 e. The molecular formula is C17H16N2O2. The number of benzene rings is 2. The maximum atomic E-state index is 5.75. The van der Waals surface area contributed by atoms with E-state index < -0.39 is 0 Å². The molecule has 0 fully saturated rings. The number of nitrogens with zero attached hydrogens (tertiary/aromatic N) is 1. The highest BCUT2D eigenvalue weighted by Gasteiger charge is 2.02. The molecule has 4 nitrogen and oxygen atoms in total. The Kier molecular flexibility index (Phi) is 3.87. The quantitative estimate of drug-likeness (QED) is 0.575. The fraction of sp³-hybridized carbons (Fsp3) is 0.118. The maximum absolute atomic E-state index is 5.75. The van der Waals surface area contributed by atoms with Crippen molar-refractivity contribution in [2.45, 2.75) is 0 Å². The van der Waals surface area contributed by atoms with Gasteiger partial charge in [0.15, 0.2) is 0 Å². The number of anilines is 1. The van der Waals surface area contributed by atoms with Crippen molar-refractivity contribution in [3.05, 3.63) is 60.8 Å². The number of hydrogen-bond donors (Lipinski definition) is 1. The van der Waals surface area contributed by atoms with Crippen molar-refractivity contribution in [3.63, 3.8) is 0 Å². The summed E-state index contributed by atoms with van der Waals surface area (Å²) in [6, 6.07) is 17.1. The molecule has 0 saturated heterocycles. The molecule has 21 heavy (non-hydrogen) atoms. The first-order valence-electron chi connectivity index (χ1n) is 6.78. The summed E-state index contributed by atoms with van der Waals surface area (Å²) in [4.78, 5) is 4.35. The Morgan fingerprint density at radius 2 is 1.62 bits per heavy atom. The number of hydrogen-bond acceptors (Lipinski definition) is 4. The number of aromatic nitrogens is 1. The summed E-state index contributed by atoms with van der Waals surface area (Å²) in [5.41, 5.74) is 7.21. The Labute approximate surface area is 123 Å². The number of nitrogen functional groups attached to an aromatic ring is 1. The zero-order valence-electron chi connectivity index (χ0n) is 11.5. The first-order valence-corrected chi connectivity index (χ1v) is 6.78. The fourth-order valence-corrected chi connectivity index (χ4v) is 2.07. The lowest BCUT2D eigenvalue weighted by atomic mass is 10.2. The molecule has 1 aromatic heterocycles. The van der Waals surface area contributed by atoms with E-state index in [4.69, 9.17) is 15.2 Å². The van der Waals surface area contributed by atoms with Crippen LogP contribution in [0.2, 0.25) is 0 Å². The summed E-state index contributed by atoms with van der Waals surface area (Å²) in [5.74, 6) is 1.55. The van der Waals surface area contributed by atoms with Crippen LogP contribution < -0.4 is 15.2 Å². The predicted molar refractivity (Wildman–Crippen MR) is 83.6 cm³/mol. The Morgan fingerprint density at radius 1 is 0.857 bits per heavy atom. The molecular weight excluding hydrogens is 264 g/mol. The van der Waals surface area contributed by atoms with Crippen LogP contribution in [0.3, 0.4) is 0 Å². The number of para-hydroxylation sites is 1. The second-order valence-corrected chi connectivity index (χ2v) is 4.60. The van der Waals surface area contributed by atoms with Crippen molar-refractivity contribution in [2.75, 3.05) is 18.9 Å². The minimum atomic E-state index is 0.458. The van der Waals surface area contributed by atoms with E-state index in [1.54, 1.807) is 6.20 Å². The van der Waals surface area contributed by atoms with Crippen molar-refractivity contribution in [1.29, 1.82) is 0 Å². The molecule has 0 bridgehead atoms. The molecule has 3 rings (SSSR count). The van der Waals surface area contributed by atoms with Gasteiger partial charge in [0.2, 0.25) is 0 Å². The number of nitrogens with two attached hydrogens (primary N) is 1. The highest BCUT2D eigenvalue weighted by atomic mass is 16.5. The third-order valence-electron chi connectivity index (χ3n) is 3.09. The van der Waals surface area contributed by atoms with Crippen LogP contribution in [-0.2, 0) is 0 Å². The van der Waals surface area contributed by atoms with E-state index in [-0.39, 0.29) is 0 Å². The van der Waals surface area contributed by atoms with E-state index in [1.165, 1.54) is 0 Å². The van der Waals surface area contributed by atoms with Crippen LogP contribution in [0.4, 0.5) is 5.69 Å². The van der Waals surface area contributed by atoms with Gasteiger partial charge in [-0.2, -0.15) is 0 Å². The molecule has 0 aliphatic heterocycles. The lowest BCUT2D eigenvalue weighted by Crippen LogP contribution is -2.09. The second-order valence-electron chi connectivity index (χ2n) is 4.60. The van der Waals surface area contributed by atoms with Gasteiger partial charge in [-0.1, -0.05) is 18.2 Å². The number of ether oxygens (including phenoxy) is 2. The molecule has 0 aliphatic carbocycles. The second kappa shape index (κ2) is 6.13. The average Bonchev–Trinajstić information content (AvgIpc) is 2.53. The average molecular weight is 280 g/mol. The first-order chi connectivity index (χ1) is 10.3. The van der Waals surface area contributed by atoms with Gasteiger partial charge in [0, 0.05) is 17.3 Å². The fourth-order valence-electron chi connectivity index (χ4n) is 2.07. The Balaban J connectivity index is 1.58. The van der Waals surface area contributed by atoms with Crippen molar-refractivity contribution in [2.24, 2.45) is 0 Å². The first kappa shape index (κ1) is 13.2. The van der Waals surface area contributed by atoms with E-state index in [0.717, 1.165) is 28.1 Å². The molecule has 0 radical (unpaired) electrons. The van der Waals surface area contributed by atoms with Crippen molar-refractivity contribution in [1.82, 2.24) is 4.98 Å². The Morgan fingerprint density at radius 3 is 2.48 bits per heavy atom. The summed E-state index contributed by atoms with van der Waals surface area (Å²) in [7, 11) is 0. The van der Waals surface area contributed by atoms with Gasteiger partial charge in [0.1, 0.15) is 30.2 Å². The van der Waals surface area contributed by atoms with Crippen LogP contribution >= 0.6 is 0 Å². The molecule has 0 amide bonds. The van der Waals surface area contributed by atoms with Gasteiger partial charge in [-0.15, -0.1) is 0 Å². The molecule has 0 aliphatic rings. The molecule has 2 aromatic carbocycles. The van der Waals surface area contributed by atoms with E-state index in [9.17, 15) is 0 Å². The highest BCUT2D eigenvalue weighted by molar-refractivity contribution is 5.84. The smallest absolute Gasteiger partial charge is 0.145 e. The highest BCUT2D eigenvalue weighted by Crippen LogP contribution is 2.22. The molecule has 0 saturated carbocycles. The predicted octanol–water partition coefficient (Wildman–Crippen LogP) is 3.27. The van der Waals surface area contributed by atoms with Crippen molar-refractivity contribution in [3.8, 4) is 11.5 Å².